The number of furan rings is 1. The van der Waals surface area contributed by atoms with Crippen LogP contribution in [0.5, 0.6) is 11.5 Å². The number of amides is 2. The van der Waals surface area contributed by atoms with Crippen molar-refractivity contribution in [3.8, 4) is 11.5 Å². The van der Waals surface area contributed by atoms with E-state index in [1.165, 1.54) is 49.0 Å². The lowest BCUT2D eigenvalue weighted by molar-refractivity contribution is -0.136. The van der Waals surface area contributed by atoms with Gasteiger partial charge in [0.2, 0.25) is 10.0 Å². The number of hydrazone groups is 1. The number of methoxy groups -OCH3 is 2. The molecule has 0 saturated carbocycles. The summed E-state index contributed by atoms with van der Waals surface area (Å²) in [6, 6.07) is 19.1. The van der Waals surface area contributed by atoms with Gasteiger partial charge in [-0.3, -0.25) is 9.59 Å². The Hall–Kier alpha value is -4.36. The summed E-state index contributed by atoms with van der Waals surface area (Å²) in [5.41, 5.74) is 3.81. The van der Waals surface area contributed by atoms with Gasteiger partial charge in [-0.05, 0) is 61.0 Å². The van der Waals surface area contributed by atoms with E-state index >= 15 is 0 Å². The SMILES string of the molecule is COc1ccc(OC)c(NC(=O)C(=O)N/N=C/c2ccc(CN(Cc3ccc(Cl)cc3Cl)S(=O)(=O)c3ccc(C)cc3)o2)c1. The van der Waals surface area contributed by atoms with E-state index < -0.39 is 21.8 Å². The third-order valence-corrected chi connectivity index (χ3v) is 8.65. The third-order valence-electron chi connectivity index (χ3n) is 6.25. The highest BCUT2D eigenvalue weighted by molar-refractivity contribution is 7.89. The number of sulfonamides is 1. The largest absolute Gasteiger partial charge is 0.497 e. The number of halogens is 2. The summed E-state index contributed by atoms with van der Waals surface area (Å²) in [6.45, 7) is 1.67. The molecule has 0 bridgehead atoms. The fourth-order valence-corrected chi connectivity index (χ4v) is 5.80. The molecule has 0 aliphatic rings. The summed E-state index contributed by atoms with van der Waals surface area (Å²) in [4.78, 5) is 24.8. The molecule has 230 valence electrons. The van der Waals surface area contributed by atoms with Crippen LogP contribution in [-0.4, -0.2) is 45.0 Å². The molecular weight excluding hydrogens is 631 g/mol. The number of nitrogens with one attached hydrogen (secondary N) is 2. The molecule has 0 aliphatic carbocycles. The Balaban J connectivity index is 1.46. The molecule has 0 saturated heterocycles. The number of benzene rings is 3. The second-order valence-electron chi connectivity index (χ2n) is 9.35. The third kappa shape index (κ3) is 8.17. The van der Waals surface area contributed by atoms with Crippen molar-refractivity contribution >= 4 is 56.9 Å². The lowest BCUT2D eigenvalue weighted by atomic mass is 10.2. The van der Waals surface area contributed by atoms with Crippen LogP contribution in [-0.2, 0) is 32.7 Å². The van der Waals surface area contributed by atoms with Crippen LogP contribution < -0.4 is 20.2 Å². The molecule has 3 aromatic carbocycles. The van der Waals surface area contributed by atoms with Crippen molar-refractivity contribution in [3.05, 3.63) is 105 Å². The Morgan fingerprint density at radius 2 is 1.68 bits per heavy atom. The molecule has 0 atom stereocenters. The molecular formula is C30H28Cl2N4O7S. The molecule has 0 fully saturated rings. The van der Waals surface area contributed by atoms with E-state index in [1.807, 2.05) is 6.92 Å². The van der Waals surface area contributed by atoms with Crippen LogP contribution >= 0.6 is 23.2 Å². The summed E-state index contributed by atoms with van der Waals surface area (Å²) in [5.74, 6) is -0.765. The van der Waals surface area contributed by atoms with Gasteiger partial charge in [-0.25, -0.2) is 13.8 Å². The summed E-state index contributed by atoms with van der Waals surface area (Å²) in [7, 11) is -1.09. The van der Waals surface area contributed by atoms with Crippen LogP contribution in [0.2, 0.25) is 10.0 Å². The standard InChI is InChI=1S/C30H28Cl2N4O7S/c1-19-4-11-25(12-5-19)44(39,40)36(17-20-6-7-21(31)14-26(20)32)18-24-9-8-23(43-24)16-33-35-30(38)29(37)34-27-15-22(41-2)10-13-28(27)42-3/h4-16H,17-18H2,1-3H3,(H,34,37)(H,35,38)/b33-16+. The van der Waals surface area contributed by atoms with Crippen molar-refractivity contribution < 1.29 is 31.9 Å². The predicted octanol–water partition coefficient (Wildman–Crippen LogP) is 5.39. The van der Waals surface area contributed by atoms with Crippen molar-refractivity contribution in [2.24, 2.45) is 5.10 Å². The van der Waals surface area contributed by atoms with Gasteiger partial charge in [-0.1, -0.05) is 47.0 Å². The summed E-state index contributed by atoms with van der Waals surface area (Å²) in [6.07, 6.45) is 1.18. The van der Waals surface area contributed by atoms with Gasteiger partial charge >= 0.3 is 11.8 Å². The lowest BCUT2D eigenvalue weighted by Crippen LogP contribution is -2.32. The molecule has 2 N–H and O–H groups in total. The molecule has 4 rings (SSSR count). The first-order valence-corrected chi connectivity index (χ1v) is 15.2. The Kier molecular flexibility index (Phi) is 10.7. The van der Waals surface area contributed by atoms with Gasteiger partial charge in [0.15, 0.2) is 0 Å². The summed E-state index contributed by atoms with van der Waals surface area (Å²) in [5, 5.41) is 6.94. The number of hydrogen-bond acceptors (Lipinski definition) is 8. The second-order valence-corrected chi connectivity index (χ2v) is 12.1. The molecule has 0 spiro atoms. The van der Waals surface area contributed by atoms with Crippen molar-refractivity contribution in [1.29, 1.82) is 0 Å². The van der Waals surface area contributed by atoms with Crippen molar-refractivity contribution in [2.75, 3.05) is 19.5 Å². The Bertz CT molecular complexity index is 1790. The fourth-order valence-electron chi connectivity index (χ4n) is 3.94. The first kappa shape index (κ1) is 32.6. The molecule has 4 aromatic rings. The number of hydrogen-bond donors (Lipinski definition) is 2. The van der Waals surface area contributed by atoms with Crippen molar-refractivity contribution in [2.45, 2.75) is 24.9 Å². The molecule has 0 radical (unpaired) electrons. The minimum atomic E-state index is -3.98. The molecule has 2 amide bonds. The molecule has 1 heterocycles. The Labute approximate surface area is 264 Å². The van der Waals surface area contributed by atoms with Crippen LogP contribution in [0.4, 0.5) is 5.69 Å². The average molecular weight is 660 g/mol. The number of anilines is 1. The van der Waals surface area contributed by atoms with E-state index in [0.29, 0.717) is 32.9 Å². The monoisotopic (exact) mass is 658 g/mol. The van der Waals surface area contributed by atoms with Gasteiger partial charge in [0.25, 0.3) is 0 Å². The van der Waals surface area contributed by atoms with E-state index in [4.69, 9.17) is 37.1 Å². The second kappa shape index (κ2) is 14.4. The maximum Gasteiger partial charge on any atom is 0.329 e. The molecule has 14 heteroatoms. The smallest absolute Gasteiger partial charge is 0.329 e. The first-order valence-electron chi connectivity index (χ1n) is 13.0. The zero-order valence-electron chi connectivity index (χ0n) is 23.8. The number of rotatable bonds is 11. The van der Waals surface area contributed by atoms with Crippen LogP contribution in [0.15, 0.2) is 87.2 Å². The van der Waals surface area contributed by atoms with Gasteiger partial charge in [0.1, 0.15) is 23.0 Å². The fraction of sp³-hybridized carbons (Fsp3) is 0.167. The van der Waals surface area contributed by atoms with E-state index in [1.54, 1.807) is 48.5 Å². The molecule has 1 aromatic heterocycles. The zero-order valence-corrected chi connectivity index (χ0v) is 26.2. The van der Waals surface area contributed by atoms with Crippen molar-refractivity contribution in [3.63, 3.8) is 0 Å². The lowest BCUT2D eigenvalue weighted by Gasteiger charge is -2.22. The Morgan fingerprint density at radius 1 is 0.932 bits per heavy atom. The number of aryl methyl sites for hydroxylation is 1. The molecule has 11 nitrogen and oxygen atoms in total. The van der Waals surface area contributed by atoms with Crippen molar-refractivity contribution in [1.82, 2.24) is 9.73 Å². The highest BCUT2D eigenvalue weighted by Crippen LogP contribution is 2.29. The summed E-state index contributed by atoms with van der Waals surface area (Å²) < 4.78 is 44.6. The summed E-state index contributed by atoms with van der Waals surface area (Å²) >= 11 is 12.4. The molecule has 0 aliphatic heterocycles. The van der Waals surface area contributed by atoms with Crippen LogP contribution in [0, 0.1) is 6.92 Å². The van der Waals surface area contributed by atoms with Crippen LogP contribution in [0.25, 0.3) is 0 Å². The minimum absolute atomic E-state index is 0.0560. The number of carbonyl (C=O) groups is 2. The number of ether oxygens (including phenoxy) is 2. The number of carbonyl (C=O) groups excluding carboxylic acids is 2. The van der Waals surface area contributed by atoms with E-state index in [2.05, 4.69) is 15.8 Å². The maximum atomic E-state index is 13.6. The highest BCUT2D eigenvalue weighted by Gasteiger charge is 2.27. The predicted molar refractivity (Wildman–Crippen MR) is 167 cm³/mol. The topological polar surface area (TPSA) is 140 Å². The van der Waals surface area contributed by atoms with Crippen LogP contribution in [0.3, 0.4) is 0 Å². The average Bonchev–Trinajstić information content (AvgIpc) is 3.45. The first-order chi connectivity index (χ1) is 21.0. The van der Waals surface area contributed by atoms with Gasteiger partial charge in [0, 0.05) is 22.7 Å². The maximum absolute atomic E-state index is 13.6. The van der Waals surface area contributed by atoms with E-state index in [9.17, 15) is 18.0 Å². The van der Waals surface area contributed by atoms with Gasteiger partial charge in [-0.2, -0.15) is 9.41 Å². The van der Waals surface area contributed by atoms with Gasteiger partial charge in [-0.15, -0.1) is 0 Å². The van der Waals surface area contributed by atoms with Gasteiger partial charge in [0.05, 0.1) is 37.6 Å². The highest BCUT2D eigenvalue weighted by atomic mass is 35.5. The Morgan fingerprint density at radius 3 is 2.36 bits per heavy atom. The van der Waals surface area contributed by atoms with E-state index in [-0.39, 0.29) is 29.4 Å². The molecule has 44 heavy (non-hydrogen) atoms. The normalized spacial score (nSPS) is 11.5. The number of nitrogens with zero attached hydrogens (tertiary/aromatic N) is 2. The van der Waals surface area contributed by atoms with E-state index in [0.717, 1.165) is 5.56 Å². The van der Waals surface area contributed by atoms with Crippen LogP contribution in [0.1, 0.15) is 22.6 Å². The zero-order chi connectivity index (χ0) is 31.9. The quantitative estimate of drug-likeness (QED) is 0.125. The minimum Gasteiger partial charge on any atom is -0.497 e. The molecule has 0 unspecified atom stereocenters. The van der Waals surface area contributed by atoms with Gasteiger partial charge < -0.3 is 19.2 Å².